The molecule has 2 aliphatic rings. The van der Waals surface area contributed by atoms with Crippen molar-refractivity contribution in [3.63, 3.8) is 0 Å². The fourth-order valence-corrected chi connectivity index (χ4v) is 4.94. The monoisotopic (exact) mass is 343 g/mol. The highest BCUT2D eigenvalue weighted by Crippen LogP contribution is 2.36. The van der Waals surface area contributed by atoms with Gasteiger partial charge in [0.25, 0.3) is 0 Å². The Morgan fingerprint density at radius 3 is 2.71 bits per heavy atom. The van der Waals surface area contributed by atoms with Crippen molar-refractivity contribution in [3.05, 3.63) is 39.5 Å². The number of rotatable bonds is 3. The summed E-state index contributed by atoms with van der Waals surface area (Å²) < 4.78 is 0. The molecule has 0 unspecified atom stereocenters. The Morgan fingerprint density at radius 2 is 1.96 bits per heavy atom. The van der Waals surface area contributed by atoms with Gasteiger partial charge in [0.2, 0.25) is 0 Å². The lowest BCUT2D eigenvalue weighted by Gasteiger charge is -2.32. The molecule has 2 aromatic rings. The molecule has 24 heavy (non-hydrogen) atoms. The number of carbonyl (C=O) groups is 1. The van der Waals surface area contributed by atoms with E-state index in [1.54, 1.807) is 12.1 Å². The summed E-state index contributed by atoms with van der Waals surface area (Å²) in [6.45, 7) is 1.82. The molecule has 1 fully saturated rings. The Bertz CT molecular complexity index is 727. The van der Waals surface area contributed by atoms with Gasteiger partial charge < -0.3 is 10.0 Å². The maximum Gasteiger partial charge on any atom is 0.354 e. The molecule has 0 bridgehead atoms. The molecule has 126 valence electrons. The smallest absolute Gasteiger partial charge is 0.354 e. The number of pyridine rings is 1. The van der Waals surface area contributed by atoms with Crippen molar-refractivity contribution in [2.24, 2.45) is 0 Å². The number of carboxylic acid groups (broad SMARTS) is 1. The second-order valence-corrected chi connectivity index (χ2v) is 7.69. The lowest BCUT2D eigenvalue weighted by molar-refractivity contribution is 0.0690. The SMILES string of the molecule is O=C(O)c1cccc(N2CCC(c3nc4c(s3)CCCC4)CC2)n1. The molecular formula is C18H21N3O2S. The number of carboxylic acids is 1. The fourth-order valence-electron chi connectivity index (χ4n) is 3.62. The molecule has 5 nitrogen and oxygen atoms in total. The molecule has 0 saturated carbocycles. The number of hydrogen-bond acceptors (Lipinski definition) is 5. The summed E-state index contributed by atoms with van der Waals surface area (Å²) in [4.78, 5) is 24.0. The van der Waals surface area contributed by atoms with Gasteiger partial charge in [-0.2, -0.15) is 0 Å². The van der Waals surface area contributed by atoms with Crippen LogP contribution in [0.5, 0.6) is 0 Å². The summed E-state index contributed by atoms with van der Waals surface area (Å²) in [5.74, 6) is 0.339. The van der Waals surface area contributed by atoms with Crippen LogP contribution in [-0.2, 0) is 12.8 Å². The van der Waals surface area contributed by atoms with Gasteiger partial charge in [0.1, 0.15) is 5.82 Å². The number of fused-ring (bicyclic) bond motifs is 1. The van der Waals surface area contributed by atoms with Crippen LogP contribution in [0.4, 0.5) is 5.82 Å². The highest BCUT2D eigenvalue weighted by molar-refractivity contribution is 7.11. The van der Waals surface area contributed by atoms with Crippen LogP contribution in [0.3, 0.4) is 0 Å². The van der Waals surface area contributed by atoms with Gasteiger partial charge in [-0.15, -0.1) is 11.3 Å². The molecule has 1 N–H and O–H groups in total. The van der Waals surface area contributed by atoms with E-state index in [-0.39, 0.29) is 5.69 Å². The number of nitrogens with zero attached hydrogens (tertiary/aromatic N) is 3. The van der Waals surface area contributed by atoms with Crippen LogP contribution in [0.15, 0.2) is 18.2 Å². The van der Waals surface area contributed by atoms with Crippen LogP contribution in [0.2, 0.25) is 0 Å². The summed E-state index contributed by atoms with van der Waals surface area (Å²) in [6.07, 6.45) is 7.06. The predicted molar refractivity (Wildman–Crippen MR) is 94.1 cm³/mol. The summed E-state index contributed by atoms with van der Waals surface area (Å²) in [7, 11) is 0. The van der Waals surface area contributed by atoms with E-state index in [0.29, 0.717) is 5.92 Å². The molecule has 6 heteroatoms. The quantitative estimate of drug-likeness (QED) is 0.924. The third-order valence-electron chi connectivity index (χ3n) is 4.98. The largest absolute Gasteiger partial charge is 0.477 e. The second-order valence-electron chi connectivity index (χ2n) is 6.58. The Hall–Kier alpha value is -1.95. The summed E-state index contributed by atoms with van der Waals surface area (Å²) in [6, 6.07) is 5.21. The topological polar surface area (TPSA) is 66.3 Å². The van der Waals surface area contributed by atoms with E-state index in [0.717, 1.165) is 38.2 Å². The zero-order valence-corrected chi connectivity index (χ0v) is 14.4. The van der Waals surface area contributed by atoms with Gasteiger partial charge in [0, 0.05) is 23.9 Å². The zero-order chi connectivity index (χ0) is 16.5. The van der Waals surface area contributed by atoms with Gasteiger partial charge >= 0.3 is 5.97 Å². The van der Waals surface area contributed by atoms with Crippen molar-refractivity contribution in [2.75, 3.05) is 18.0 Å². The third kappa shape index (κ3) is 3.02. The third-order valence-corrected chi connectivity index (χ3v) is 6.30. The minimum absolute atomic E-state index is 0.113. The molecule has 1 saturated heterocycles. The van der Waals surface area contributed by atoms with Gasteiger partial charge in [0.15, 0.2) is 5.69 Å². The van der Waals surface area contributed by atoms with E-state index in [1.165, 1.54) is 34.8 Å². The molecule has 1 aliphatic heterocycles. The van der Waals surface area contributed by atoms with Crippen LogP contribution in [0, 0.1) is 0 Å². The van der Waals surface area contributed by atoms with E-state index in [4.69, 9.17) is 10.1 Å². The van der Waals surface area contributed by atoms with Crippen LogP contribution in [0.25, 0.3) is 0 Å². The van der Waals surface area contributed by atoms with Crippen LogP contribution in [0.1, 0.15) is 57.7 Å². The average molecular weight is 343 g/mol. The van der Waals surface area contributed by atoms with Gasteiger partial charge in [-0.05, 0) is 50.7 Å². The number of aromatic carboxylic acids is 1. The molecule has 0 atom stereocenters. The van der Waals surface area contributed by atoms with Gasteiger partial charge in [-0.25, -0.2) is 14.8 Å². The predicted octanol–water partition coefficient (Wildman–Crippen LogP) is 3.50. The van der Waals surface area contributed by atoms with Crippen molar-refractivity contribution < 1.29 is 9.90 Å². The van der Waals surface area contributed by atoms with E-state index < -0.39 is 5.97 Å². The minimum Gasteiger partial charge on any atom is -0.477 e. The zero-order valence-electron chi connectivity index (χ0n) is 13.6. The average Bonchev–Trinajstić information content (AvgIpc) is 3.06. The van der Waals surface area contributed by atoms with E-state index in [1.807, 2.05) is 17.4 Å². The highest BCUT2D eigenvalue weighted by atomic mass is 32.1. The van der Waals surface area contributed by atoms with E-state index in [9.17, 15) is 4.79 Å². The minimum atomic E-state index is -0.972. The first-order valence-corrected chi connectivity index (χ1v) is 9.46. The van der Waals surface area contributed by atoms with Crippen LogP contribution in [-0.4, -0.2) is 34.1 Å². The van der Waals surface area contributed by atoms with Gasteiger partial charge in [-0.3, -0.25) is 0 Å². The van der Waals surface area contributed by atoms with Crippen molar-refractivity contribution in [3.8, 4) is 0 Å². The molecule has 2 aromatic heterocycles. The number of anilines is 1. The summed E-state index contributed by atoms with van der Waals surface area (Å²) >= 11 is 1.92. The standard InChI is InChI=1S/C18H21N3O2S/c22-18(23)14-5-3-7-16(19-14)21-10-8-12(9-11-21)17-20-13-4-1-2-6-15(13)24-17/h3,5,7,12H,1-2,4,6,8-11H2,(H,22,23). The van der Waals surface area contributed by atoms with Crippen molar-refractivity contribution in [2.45, 2.75) is 44.4 Å². The van der Waals surface area contributed by atoms with Crippen molar-refractivity contribution in [1.82, 2.24) is 9.97 Å². The first-order valence-electron chi connectivity index (χ1n) is 8.64. The maximum absolute atomic E-state index is 11.1. The lowest BCUT2D eigenvalue weighted by atomic mass is 9.97. The van der Waals surface area contributed by atoms with Crippen molar-refractivity contribution >= 4 is 23.1 Å². The van der Waals surface area contributed by atoms with Crippen LogP contribution < -0.4 is 4.90 Å². The molecular weight excluding hydrogens is 322 g/mol. The molecule has 0 spiro atoms. The second kappa shape index (κ2) is 6.51. The van der Waals surface area contributed by atoms with E-state index in [2.05, 4.69) is 9.88 Å². The molecule has 4 rings (SSSR count). The first kappa shape index (κ1) is 15.6. The number of thiazole rings is 1. The number of aryl methyl sites for hydroxylation is 2. The van der Waals surface area contributed by atoms with Gasteiger partial charge in [0.05, 0.1) is 10.7 Å². The first-order chi connectivity index (χ1) is 11.7. The Morgan fingerprint density at radius 1 is 1.17 bits per heavy atom. The summed E-state index contributed by atoms with van der Waals surface area (Å²) in [5.41, 5.74) is 1.46. The summed E-state index contributed by atoms with van der Waals surface area (Å²) in [5, 5.41) is 10.4. The molecule has 0 amide bonds. The molecule has 0 radical (unpaired) electrons. The molecule has 0 aromatic carbocycles. The van der Waals surface area contributed by atoms with E-state index >= 15 is 0 Å². The normalized spacial score (nSPS) is 18.4. The highest BCUT2D eigenvalue weighted by Gasteiger charge is 2.26. The molecule has 3 heterocycles. The van der Waals surface area contributed by atoms with Crippen molar-refractivity contribution in [1.29, 1.82) is 0 Å². The van der Waals surface area contributed by atoms with Gasteiger partial charge in [-0.1, -0.05) is 6.07 Å². The number of aromatic nitrogens is 2. The Balaban J connectivity index is 1.44. The van der Waals surface area contributed by atoms with Crippen LogP contribution >= 0.6 is 11.3 Å². The maximum atomic E-state index is 11.1. The molecule has 1 aliphatic carbocycles. The lowest BCUT2D eigenvalue weighted by Crippen LogP contribution is -2.33. The Kier molecular flexibility index (Phi) is 4.22. The number of piperidine rings is 1. The Labute approximate surface area is 145 Å². The number of hydrogen-bond donors (Lipinski definition) is 1. The fraction of sp³-hybridized carbons (Fsp3) is 0.500.